The fourth-order valence-corrected chi connectivity index (χ4v) is 3.74. The molecule has 0 saturated carbocycles. The summed E-state index contributed by atoms with van der Waals surface area (Å²) in [5, 5.41) is 0. The Morgan fingerprint density at radius 2 is 1.28 bits per heavy atom. The molecule has 1 saturated heterocycles. The van der Waals surface area contributed by atoms with Crippen LogP contribution in [0.15, 0.2) is 47.5 Å². The second kappa shape index (κ2) is 7.29. The minimum atomic E-state index is 0.0741. The maximum absolute atomic E-state index is 13.2. The van der Waals surface area contributed by atoms with E-state index in [0.29, 0.717) is 24.6 Å². The van der Waals surface area contributed by atoms with Gasteiger partial charge in [0.15, 0.2) is 28.8 Å². The molecule has 2 aromatic carbocycles. The zero-order valence-electron chi connectivity index (χ0n) is 16.1. The summed E-state index contributed by atoms with van der Waals surface area (Å²) < 4.78 is 21.6. The van der Waals surface area contributed by atoms with Gasteiger partial charge in [0, 0.05) is 24.2 Å². The average Bonchev–Trinajstić information content (AvgIpc) is 3.39. The SMILES string of the molecule is CCN1C/C(=C\c2ccc3c(c2)OCO3)C(=O)/C(=C/c2ccc3c(c2)OCO3)C1. The van der Waals surface area contributed by atoms with E-state index < -0.39 is 0 Å². The van der Waals surface area contributed by atoms with Gasteiger partial charge < -0.3 is 18.9 Å². The molecule has 29 heavy (non-hydrogen) atoms. The molecule has 5 rings (SSSR count). The van der Waals surface area contributed by atoms with Gasteiger partial charge in [-0.2, -0.15) is 0 Å². The lowest BCUT2D eigenvalue weighted by Gasteiger charge is -2.28. The smallest absolute Gasteiger partial charge is 0.231 e. The van der Waals surface area contributed by atoms with E-state index >= 15 is 0 Å². The molecule has 148 valence electrons. The summed E-state index contributed by atoms with van der Waals surface area (Å²) in [5.74, 6) is 2.98. The number of carbonyl (C=O) groups is 1. The second-order valence-electron chi connectivity index (χ2n) is 7.20. The number of benzene rings is 2. The summed E-state index contributed by atoms with van der Waals surface area (Å²) in [5.41, 5.74) is 3.39. The van der Waals surface area contributed by atoms with Crippen molar-refractivity contribution in [2.24, 2.45) is 0 Å². The predicted molar refractivity (Wildman–Crippen MR) is 108 cm³/mol. The van der Waals surface area contributed by atoms with Crippen LogP contribution >= 0.6 is 0 Å². The zero-order chi connectivity index (χ0) is 19.8. The molecule has 0 N–H and O–H groups in total. The van der Waals surface area contributed by atoms with Crippen LogP contribution in [-0.2, 0) is 4.79 Å². The summed E-state index contributed by atoms with van der Waals surface area (Å²) in [6, 6.07) is 11.5. The lowest BCUT2D eigenvalue weighted by Crippen LogP contribution is -2.37. The van der Waals surface area contributed by atoms with Crippen LogP contribution in [0.5, 0.6) is 23.0 Å². The van der Waals surface area contributed by atoms with Gasteiger partial charge in [-0.3, -0.25) is 9.69 Å². The number of piperidine rings is 1. The molecular weight excluding hydrogens is 370 g/mol. The van der Waals surface area contributed by atoms with Crippen LogP contribution in [0, 0.1) is 0 Å². The molecule has 0 spiro atoms. The molecule has 2 aromatic rings. The summed E-state index contributed by atoms with van der Waals surface area (Å²) in [4.78, 5) is 15.4. The number of hydrogen-bond donors (Lipinski definition) is 0. The Morgan fingerprint density at radius 1 is 0.793 bits per heavy atom. The van der Waals surface area contributed by atoms with Gasteiger partial charge >= 0.3 is 0 Å². The van der Waals surface area contributed by atoms with E-state index in [2.05, 4.69) is 11.8 Å². The monoisotopic (exact) mass is 391 g/mol. The van der Waals surface area contributed by atoms with Gasteiger partial charge in [0.25, 0.3) is 0 Å². The van der Waals surface area contributed by atoms with Gasteiger partial charge in [-0.1, -0.05) is 19.1 Å². The maximum Gasteiger partial charge on any atom is 0.231 e. The predicted octanol–water partition coefficient (Wildman–Crippen LogP) is 3.52. The van der Waals surface area contributed by atoms with Crippen LogP contribution in [0.2, 0.25) is 0 Å². The quantitative estimate of drug-likeness (QED) is 0.747. The van der Waals surface area contributed by atoms with E-state index in [0.717, 1.165) is 40.3 Å². The van der Waals surface area contributed by atoms with Crippen LogP contribution in [0.3, 0.4) is 0 Å². The van der Waals surface area contributed by atoms with Gasteiger partial charge in [-0.15, -0.1) is 0 Å². The molecule has 3 aliphatic heterocycles. The number of rotatable bonds is 3. The van der Waals surface area contributed by atoms with Gasteiger partial charge in [0.05, 0.1) is 0 Å². The molecule has 0 aliphatic carbocycles. The molecule has 3 aliphatic rings. The highest BCUT2D eigenvalue weighted by atomic mass is 16.7. The van der Waals surface area contributed by atoms with Crippen molar-refractivity contribution in [2.75, 3.05) is 33.2 Å². The number of ether oxygens (including phenoxy) is 4. The summed E-state index contributed by atoms with van der Waals surface area (Å²) >= 11 is 0. The zero-order valence-corrected chi connectivity index (χ0v) is 16.1. The Hall–Kier alpha value is -3.25. The molecule has 3 heterocycles. The Morgan fingerprint density at radius 3 is 1.76 bits per heavy atom. The molecule has 0 unspecified atom stereocenters. The van der Waals surface area contributed by atoms with E-state index in [1.807, 2.05) is 48.6 Å². The van der Waals surface area contributed by atoms with Crippen LogP contribution in [0.25, 0.3) is 12.2 Å². The fraction of sp³-hybridized carbons (Fsp3) is 0.261. The first-order valence-corrected chi connectivity index (χ1v) is 9.67. The van der Waals surface area contributed by atoms with Crippen LogP contribution in [-0.4, -0.2) is 43.9 Å². The molecule has 0 radical (unpaired) electrons. The first kappa shape index (κ1) is 17.8. The largest absolute Gasteiger partial charge is 0.454 e. The van der Waals surface area contributed by atoms with E-state index in [9.17, 15) is 4.79 Å². The second-order valence-corrected chi connectivity index (χ2v) is 7.20. The van der Waals surface area contributed by atoms with Gasteiger partial charge in [-0.25, -0.2) is 0 Å². The normalized spacial score (nSPS) is 20.7. The number of hydrogen-bond acceptors (Lipinski definition) is 6. The molecule has 6 nitrogen and oxygen atoms in total. The molecule has 0 amide bonds. The average molecular weight is 391 g/mol. The number of carbonyl (C=O) groups excluding carboxylic acids is 1. The number of nitrogens with zero attached hydrogens (tertiary/aromatic N) is 1. The number of likely N-dealkylation sites (N-methyl/N-ethyl adjacent to an activating group) is 1. The van der Waals surface area contributed by atoms with E-state index in [1.165, 1.54) is 0 Å². The van der Waals surface area contributed by atoms with Crippen molar-refractivity contribution >= 4 is 17.9 Å². The summed E-state index contributed by atoms with van der Waals surface area (Å²) in [6.45, 7) is 4.70. The van der Waals surface area contributed by atoms with Crippen LogP contribution in [0.1, 0.15) is 18.1 Å². The molecular formula is C23H21NO5. The third-order valence-corrected chi connectivity index (χ3v) is 5.29. The van der Waals surface area contributed by atoms with E-state index in [4.69, 9.17) is 18.9 Å². The van der Waals surface area contributed by atoms with E-state index in [1.54, 1.807) is 0 Å². The Balaban J connectivity index is 1.46. The van der Waals surface area contributed by atoms with Crippen molar-refractivity contribution in [1.29, 1.82) is 0 Å². The molecule has 0 bridgehead atoms. The highest BCUT2D eigenvalue weighted by Crippen LogP contribution is 2.35. The lowest BCUT2D eigenvalue weighted by molar-refractivity contribution is -0.113. The summed E-state index contributed by atoms with van der Waals surface area (Å²) in [7, 11) is 0. The molecule has 0 aromatic heterocycles. The Bertz CT molecular complexity index is 960. The van der Waals surface area contributed by atoms with Crippen molar-refractivity contribution in [3.8, 4) is 23.0 Å². The molecule has 1 fully saturated rings. The Labute approximate surface area is 168 Å². The fourth-order valence-electron chi connectivity index (χ4n) is 3.74. The van der Waals surface area contributed by atoms with Crippen molar-refractivity contribution in [1.82, 2.24) is 4.90 Å². The molecule has 6 heteroatoms. The topological polar surface area (TPSA) is 57.2 Å². The minimum absolute atomic E-state index is 0.0741. The van der Waals surface area contributed by atoms with E-state index in [-0.39, 0.29) is 19.4 Å². The first-order chi connectivity index (χ1) is 14.2. The van der Waals surface area contributed by atoms with Gasteiger partial charge in [0.1, 0.15) is 0 Å². The molecule has 0 atom stereocenters. The van der Waals surface area contributed by atoms with Crippen LogP contribution < -0.4 is 18.9 Å². The highest BCUT2D eigenvalue weighted by Gasteiger charge is 2.26. The van der Waals surface area contributed by atoms with Gasteiger partial charge in [0.2, 0.25) is 13.6 Å². The standard InChI is InChI=1S/C23H21NO5/c1-2-24-11-17(7-15-3-5-19-21(9-15)28-13-26-19)23(25)18(12-24)8-16-4-6-20-22(10-16)29-14-27-20/h3-10H,2,11-14H2,1H3/b17-7+,18-8+. The van der Waals surface area contributed by atoms with Crippen molar-refractivity contribution in [2.45, 2.75) is 6.92 Å². The third-order valence-electron chi connectivity index (χ3n) is 5.29. The highest BCUT2D eigenvalue weighted by molar-refractivity contribution is 6.14. The number of ketones is 1. The third kappa shape index (κ3) is 3.47. The van der Waals surface area contributed by atoms with Crippen molar-refractivity contribution < 1.29 is 23.7 Å². The lowest BCUT2D eigenvalue weighted by atomic mass is 9.94. The van der Waals surface area contributed by atoms with Crippen LogP contribution in [0.4, 0.5) is 0 Å². The van der Waals surface area contributed by atoms with Gasteiger partial charge in [-0.05, 0) is 54.1 Å². The van der Waals surface area contributed by atoms with Crippen molar-refractivity contribution in [3.63, 3.8) is 0 Å². The minimum Gasteiger partial charge on any atom is -0.454 e. The number of Topliss-reactive ketones (excluding diaryl/α,β-unsaturated/α-hetero) is 1. The summed E-state index contributed by atoms with van der Waals surface area (Å²) in [6.07, 6.45) is 3.89. The number of likely N-dealkylation sites (tertiary alicyclic amines) is 1. The maximum atomic E-state index is 13.2. The first-order valence-electron chi connectivity index (χ1n) is 9.67. The number of fused-ring (bicyclic) bond motifs is 2. The Kier molecular flexibility index (Phi) is 4.48. The van der Waals surface area contributed by atoms with Crippen molar-refractivity contribution in [3.05, 3.63) is 58.7 Å².